The zero-order chi connectivity index (χ0) is 21.8. The van der Waals surface area contributed by atoms with E-state index in [1.54, 1.807) is 31.2 Å². The largest absolute Gasteiger partial charge is 0.462 e. The van der Waals surface area contributed by atoms with Crippen LogP contribution in [0.2, 0.25) is 0 Å². The summed E-state index contributed by atoms with van der Waals surface area (Å²) < 4.78 is 5.10. The Bertz CT molecular complexity index is 1100. The van der Waals surface area contributed by atoms with Crippen LogP contribution in [-0.4, -0.2) is 41.5 Å². The van der Waals surface area contributed by atoms with Crippen molar-refractivity contribution in [2.75, 3.05) is 25.0 Å². The highest BCUT2D eigenvalue weighted by atomic mass is 16.5. The molecule has 0 aliphatic carbocycles. The summed E-state index contributed by atoms with van der Waals surface area (Å²) in [6, 6.07) is 16.7. The van der Waals surface area contributed by atoms with Crippen molar-refractivity contribution in [1.29, 1.82) is 0 Å². The van der Waals surface area contributed by atoms with Crippen molar-refractivity contribution in [3.8, 4) is 0 Å². The first kappa shape index (κ1) is 20.8. The first-order chi connectivity index (χ1) is 15.0. The zero-order valence-electron chi connectivity index (χ0n) is 17.9. The SMILES string of the molecule is CCOC(=O)c1cccc(Nc2cc(C(=O)N3CCC(C)CC3)nc3ccccc23)c1. The molecule has 0 unspecified atom stereocenters. The molecule has 1 aromatic heterocycles. The summed E-state index contributed by atoms with van der Waals surface area (Å²) in [7, 11) is 0. The Kier molecular flexibility index (Phi) is 6.16. The quantitative estimate of drug-likeness (QED) is 0.590. The molecular weight excluding hydrogens is 390 g/mol. The van der Waals surface area contributed by atoms with E-state index in [0.29, 0.717) is 23.8 Å². The Hall–Kier alpha value is -3.41. The first-order valence-corrected chi connectivity index (χ1v) is 10.8. The fraction of sp³-hybridized carbons (Fsp3) is 0.320. The number of carbonyl (C=O) groups excluding carboxylic acids is 2. The number of nitrogens with one attached hydrogen (secondary N) is 1. The normalized spacial score (nSPS) is 14.5. The fourth-order valence-corrected chi connectivity index (χ4v) is 3.86. The number of amides is 1. The predicted octanol–water partition coefficient (Wildman–Crippen LogP) is 5.03. The molecule has 2 heterocycles. The van der Waals surface area contributed by atoms with Crippen LogP contribution < -0.4 is 5.32 Å². The smallest absolute Gasteiger partial charge is 0.338 e. The van der Waals surface area contributed by atoms with E-state index in [-0.39, 0.29) is 11.9 Å². The number of hydrogen-bond donors (Lipinski definition) is 1. The third-order valence-corrected chi connectivity index (χ3v) is 5.66. The van der Waals surface area contributed by atoms with Crippen molar-refractivity contribution in [1.82, 2.24) is 9.88 Å². The standard InChI is InChI=1S/C25H27N3O3/c1-3-31-25(30)18-7-6-8-19(15-18)26-22-16-23(27-21-10-5-4-9-20(21)22)24(29)28-13-11-17(2)12-14-28/h4-10,15-17H,3,11-14H2,1-2H3,(H,26,27). The van der Waals surface area contributed by atoms with Crippen LogP contribution in [0.15, 0.2) is 54.6 Å². The topological polar surface area (TPSA) is 71.5 Å². The molecule has 0 saturated carbocycles. The Labute approximate surface area is 182 Å². The lowest BCUT2D eigenvalue weighted by Crippen LogP contribution is -2.38. The van der Waals surface area contributed by atoms with Gasteiger partial charge in [-0.15, -0.1) is 0 Å². The van der Waals surface area contributed by atoms with E-state index in [9.17, 15) is 9.59 Å². The van der Waals surface area contributed by atoms with Gasteiger partial charge < -0.3 is 15.0 Å². The Morgan fingerprint density at radius 2 is 1.87 bits per heavy atom. The van der Waals surface area contributed by atoms with Gasteiger partial charge in [-0.1, -0.05) is 31.2 Å². The van der Waals surface area contributed by atoms with Gasteiger partial charge in [0.1, 0.15) is 5.69 Å². The van der Waals surface area contributed by atoms with Crippen LogP contribution in [-0.2, 0) is 4.74 Å². The molecule has 3 aromatic rings. The van der Waals surface area contributed by atoms with Crippen LogP contribution in [0.5, 0.6) is 0 Å². The molecule has 6 heteroatoms. The summed E-state index contributed by atoms with van der Waals surface area (Å²) in [6.07, 6.45) is 2.04. The lowest BCUT2D eigenvalue weighted by atomic mass is 9.99. The van der Waals surface area contributed by atoms with E-state index in [1.807, 2.05) is 35.2 Å². The van der Waals surface area contributed by atoms with E-state index in [0.717, 1.165) is 48.2 Å². The molecule has 4 rings (SSSR count). The number of hydrogen-bond acceptors (Lipinski definition) is 5. The molecule has 0 atom stereocenters. The van der Waals surface area contributed by atoms with Crippen molar-refractivity contribution >= 4 is 34.2 Å². The number of esters is 1. The summed E-state index contributed by atoms with van der Waals surface area (Å²) in [6.45, 7) is 5.86. The maximum Gasteiger partial charge on any atom is 0.338 e. The molecule has 1 fully saturated rings. The number of nitrogens with zero attached hydrogens (tertiary/aromatic N) is 2. The second-order valence-corrected chi connectivity index (χ2v) is 7.97. The van der Waals surface area contributed by atoms with E-state index in [4.69, 9.17) is 4.74 Å². The summed E-state index contributed by atoms with van der Waals surface area (Å²) in [5.41, 5.74) is 3.18. The Morgan fingerprint density at radius 1 is 1.10 bits per heavy atom. The number of aromatic nitrogens is 1. The van der Waals surface area contributed by atoms with E-state index in [2.05, 4.69) is 17.2 Å². The van der Waals surface area contributed by atoms with Crippen molar-refractivity contribution in [3.63, 3.8) is 0 Å². The van der Waals surface area contributed by atoms with Crippen LogP contribution in [0.3, 0.4) is 0 Å². The molecule has 2 aromatic carbocycles. The number of piperidine rings is 1. The van der Waals surface area contributed by atoms with Crippen molar-refractivity contribution in [2.45, 2.75) is 26.7 Å². The maximum atomic E-state index is 13.1. The summed E-state index contributed by atoms with van der Waals surface area (Å²) >= 11 is 0. The first-order valence-electron chi connectivity index (χ1n) is 10.8. The van der Waals surface area contributed by atoms with Crippen LogP contribution in [0.4, 0.5) is 11.4 Å². The number of carbonyl (C=O) groups is 2. The summed E-state index contributed by atoms with van der Waals surface area (Å²) in [4.78, 5) is 31.8. The van der Waals surface area contributed by atoms with E-state index < -0.39 is 0 Å². The highest BCUT2D eigenvalue weighted by Crippen LogP contribution is 2.28. The third kappa shape index (κ3) is 4.68. The molecule has 1 amide bonds. The molecule has 0 spiro atoms. The number of pyridine rings is 1. The lowest BCUT2D eigenvalue weighted by Gasteiger charge is -2.30. The van der Waals surface area contributed by atoms with Gasteiger partial charge in [0, 0.05) is 24.2 Å². The van der Waals surface area contributed by atoms with E-state index >= 15 is 0 Å². The molecular formula is C25H27N3O3. The molecule has 1 aliphatic rings. The highest BCUT2D eigenvalue weighted by Gasteiger charge is 2.23. The van der Waals surface area contributed by atoms with Gasteiger partial charge in [-0.05, 0) is 56.0 Å². The second-order valence-electron chi connectivity index (χ2n) is 7.97. The minimum atomic E-state index is -0.360. The molecule has 1 aliphatic heterocycles. The number of rotatable bonds is 5. The summed E-state index contributed by atoms with van der Waals surface area (Å²) in [5.74, 6) is 0.249. The van der Waals surface area contributed by atoms with Gasteiger partial charge in [0.2, 0.25) is 0 Å². The van der Waals surface area contributed by atoms with Gasteiger partial charge in [-0.25, -0.2) is 9.78 Å². The van der Waals surface area contributed by atoms with Crippen LogP contribution in [0.25, 0.3) is 10.9 Å². The van der Waals surface area contributed by atoms with Gasteiger partial charge >= 0.3 is 5.97 Å². The number of anilines is 2. The number of likely N-dealkylation sites (tertiary alicyclic amines) is 1. The zero-order valence-corrected chi connectivity index (χ0v) is 17.9. The van der Waals surface area contributed by atoms with Crippen LogP contribution in [0, 0.1) is 5.92 Å². The summed E-state index contributed by atoms with van der Waals surface area (Å²) in [5, 5.41) is 4.28. The van der Waals surface area contributed by atoms with Crippen LogP contribution >= 0.6 is 0 Å². The van der Waals surface area contributed by atoms with Crippen molar-refractivity contribution in [3.05, 3.63) is 65.9 Å². The van der Waals surface area contributed by atoms with Gasteiger partial charge in [0.15, 0.2) is 0 Å². The van der Waals surface area contributed by atoms with E-state index in [1.165, 1.54) is 0 Å². The maximum absolute atomic E-state index is 13.1. The minimum absolute atomic E-state index is 0.0408. The molecule has 31 heavy (non-hydrogen) atoms. The highest BCUT2D eigenvalue weighted by molar-refractivity contribution is 6.01. The molecule has 6 nitrogen and oxygen atoms in total. The Balaban J connectivity index is 1.67. The molecule has 1 saturated heterocycles. The number of ether oxygens (including phenoxy) is 1. The average Bonchev–Trinajstić information content (AvgIpc) is 2.79. The van der Waals surface area contributed by atoms with Crippen molar-refractivity contribution in [2.24, 2.45) is 5.92 Å². The number of benzene rings is 2. The Morgan fingerprint density at radius 3 is 2.65 bits per heavy atom. The molecule has 1 N–H and O–H groups in total. The number of fused-ring (bicyclic) bond motifs is 1. The van der Waals surface area contributed by atoms with Gasteiger partial charge in [-0.3, -0.25) is 4.79 Å². The molecule has 160 valence electrons. The van der Waals surface area contributed by atoms with Gasteiger partial charge in [0.25, 0.3) is 5.91 Å². The number of para-hydroxylation sites is 1. The fourth-order valence-electron chi connectivity index (χ4n) is 3.86. The van der Waals surface area contributed by atoms with Gasteiger partial charge in [0.05, 0.1) is 23.4 Å². The average molecular weight is 418 g/mol. The third-order valence-electron chi connectivity index (χ3n) is 5.66. The molecule has 0 bridgehead atoms. The van der Waals surface area contributed by atoms with Crippen LogP contribution in [0.1, 0.15) is 47.5 Å². The van der Waals surface area contributed by atoms with Gasteiger partial charge in [-0.2, -0.15) is 0 Å². The monoisotopic (exact) mass is 417 g/mol. The minimum Gasteiger partial charge on any atom is -0.462 e. The van der Waals surface area contributed by atoms with Crippen molar-refractivity contribution < 1.29 is 14.3 Å². The lowest BCUT2D eigenvalue weighted by molar-refractivity contribution is 0.0526. The predicted molar refractivity (Wildman–Crippen MR) is 122 cm³/mol. The second kappa shape index (κ2) is 9.16. The molecule has 0 radical (unpaired) electrons.